The quantitative estimate of drug-likeness (QED) is 0.695. The molecule has 0 aliphatic carbocycles. The van der Waals surface area contributed by atoms with E-state index < -0.39 is 0 Å². The van der Waals surface area contributed by atoms with Gasteiger partial charge in [-0.15, -0.1) is 0 Å². The first kappa shape index (κ1) is 16.5. The van der Waals surface area contributed by atoms with Crippen molar-refractivity contribution in [2.45, 2.75) is 20.3 Å². The summed E-state index contributed by atoms with van der Waals surface area (Å²) in [6.07, 6.45) is 0.171. The average Bonchev–Trinajstić information content (AvgIpc) is 2.99. The van der Waals surface area contributed by atoms with E-state index in [-0.39, 0.29) is 12.3 Å². The van der Waals surface area contributed by atoms with Crippen LogP contribution in [0.15, 0.2) is 57.5 Å². The molecule has 2 aromatic carbocycles. The largest absolute Gasteiger partial charge is 0.356 e. The van der Waals surface area contributed by atoms with Crippen LogP contribution >= 0.6 is 15.9 Å². The zero-order valence-electron chi connectivity index (χ0n) is 13.5. The van der Waals surface area contributed by atoms with Gasteiger partial charge in [0.1, 0.15) is 0 Å². The SMILES string of the molecule is Cc1ccc(-c2cc(CC(=O)Nc3ccc(Br)cc3C)no2)cc1. The first-order valence-corrected chi connectivity index (χ1v) is 8.39. The summed E-state index contributed by atoms with van der Waals surface area (Å²) in [7, 11) is 0. The van der Waals surface area contributed by atoms with Crippen molar-refractivity contribution in [1.82, 2.24) is 5.16 Å². The van der Waals surface area contributed by atoms with Gasteiger partial charge in [0, 0.05) is 21.8 Å². The lowest BCUT2D eigenvalue weighted by Crippen LogP contribution is -2.15. The number of benzene rings is 2. The van der Waals surface area contributed by atoms with Crippen LogP contribution < -0.4 is 5.32 Å². The van der Waals surface area contributed by atoms with Crippen LogP contribution in [0, 0.1) is 13.8 Å². The number of nitrogens with one attached hydrogen (secondary N) is 1. The number of aryl methyl sites for hydroxylation is 2. The van der Waals surface area contributed by atoms with Gasteiger partial charge in [-0.1, -0.05) is 50.9 Å². The van der Waals surface area contributed by atoms with Crippen molar-refractivity contribution in [2.75, 3.05) is 5.32 Å². The monoisotopic (exact) mass is 384 g/mol. The van der Waals surface area contributed by atoms with Crippen LogP contribution in [0.3, 0.4) is 0 Å². The van der Waals surface area contributed by atoms with Crippen molar-refractivity contribution in [3.8, 4) is 11.3 Å². The van der Waals surface area contributed by atoms with E-state index in [1.807, 2.05) is 56.3 Å². The summed E-state index contributed by atoms with van der Waals surface area (Å²) in [5.74, 6) is 0.543. The number of carbonyl (C=O) groups is 1. The molecule has 0 unspecified atom stereocenters. The summed E-state index contributed by atoms with van der Waals surface area (Å²) in [5, 5.41) is 6.89. The molecule has 0 radical (unpaired) electrons. The van der Waals surface area contributed by atoms with Crippen molar-refractivity contribution in [3.63, 3.8) is 0 Å². The number of amides is 1. The highest BCUT2D eigenvalue weighted by atomic mass is 79.9. The first-order valence-electron chi connectivity index (χ1n) is 7.60. The minimum absolute atomic E-state index is 0.121. The fourth-order valence-corrected chi connectivity index (χ4v) is 2.85. The van der Waals surface area contributed by atoms with Crippen molar-refractivity contribution < 1.29 is 9.32 Å². The van der Waals surface area contributed by atoms with E-state index in [4.69, 9.17) is 4.52 Å². The van der Waals surface area contributed by atoms with E-state index in [0.717, 1.165) is 21.3 Å². The first-order chi connectivity index (χ1) is 11.5. The molecule has 1 N–H and O–H groups in total. The van der Waals surface area contributed by atoms with E-state index in [0.29, 0.717) is 11.5 Å². The molecule has 1 amide bonds. The molecule has 0 bridgehead atoms. The molecule has 0 atom stereocenters. The highest BCUT2D eigenvalue weighted by molar-refractivity contribution is 9.10. The van der Waals surface area contributed by atoms with E-state index in [2.05, 4.69) is 26.4 Å². The second-order valence-corrected chi connectivity index (χ2v) is 6.65. The molecule has 24 heavy (non-hydrogen) atoms. The van der Waals surface area contributed by atoms with Crippen molar-refractivity contribution >= 4 is 27.5 Å². The normalized spacial score (nSPS) is 10.6. The number of anilines is 1. The molecule has 4 nitrogen and oxygen atoms in total. The third-order valence-corrected chi connectivity index (χ3v) is 4.19. The van der Waals surface area contributed by atoms with Crippen LogP contribution in [-0.4, -0.2) is 11.1 Å². The van der Waals surface area contributed by atoms with Gasteiger partial charge in [-0.05, 0) is 37.6 Å². The lowest BCUT2D eigenvalue weighted by atomic mass is 10.1. The highest BCUT2D eigenvalue weighted by Gasteiger charge is 2.11. The Hall–Kier alpha value is -2.40. The van der Waals surface area contributed by atoms with E-state index in [1.165, 1.54) is 5.56 Å². The zero-order chi connectivity index (χ0) is 17.1. The fraction of sp³-hybridized carbons (Fsp3) is 0.158. The molecule has 0 aliphatic heterocycles. The Labute approximate surface area is 149 Å². The van der Waals surface area contributed by atoms with Gasteiger partial charge in [0.2, 0.25) is 5.91 Å². The number of halogens is 1. The van der Waals surface area contributed by atoms with Crippen LogP contribution in [0.1, 0.15) is 16.8 Å². The van der Waals surface area contributed by atoms with Crippen LogP contribution in [0.2, 0.25) is 0 Å². The molecule has 1 heterocycles. The second-order valence-electron chi connectivity index (χ2n) is 5.73. The smallest absolute Gasteiger partial charge is 0.230 e. The van der Waals surface area contributed by atoms with E-state index in [9.17, 15) is 4.79 Å². The molecule has 0 aliphatic rings. The Kier molecular flexibility index (Phi) is 4.81. The van der Waals surface area contributed by atoms with Gasteiger partial charge in [-0.2, -0.15) is 0 Å². The van der Waals surface area contributed by atoms with Gasteiger partial charge >= 0.3 is 0 Å². The molecule has 0 saturated heterocycles. The van der Waals surface area contributed by atoms with Gasteiger partial charge in [-0.3, -0.25) is 4.79 Å². The summed E-state index contributed by atoms with van der Waals surface area (Å²) >= 11 is 3.41. The van der Waals surface area contributed by atoms with Crippen LogP contribution in [-0.2, 0) is 11.2 Å². The Morgan fingerprint density at radius 2 is 1.88 bits per heavy atom. The second kappa shape index (κ2) is 7.01. The number of hydrogen-bond acceptors (Lipinski definition) is 3. The van der Waals surface area contributed by atoms with Gasteiger partial charge in [0.05, 0.1) is 12.1 Å². The van der Waals surface area contributed by atoms with Crippen LogP contribution in [0.4, 0.5) is 5.69 Å². The third-order valence-electron chi connectivity index (χ3n) is 3.70. The van der Waals surface area contributed by atoms with Gasteiger partial charge < -0.3 is 9.84 Å². The van der Waals surface area contributed by atoms with E-state index in [1.54, 1.807) is 6.07 Å². The Bertz CT molecular complexity index is 869. The fourth-order valence-electron chi connectivity index (χ4n) is 2.38. The zero-order valence-corrected chi connectivity index (χ0v) is 15.1. The third kappa shape index (κ3) is 3.92. The summed E-state index contributed by atoms with van der Waals surface area (Å²) in [5.41, 5.74) is 4.53. The van der Waals surface area contributed by atoms with Crippen LogP contribution in [0.25, 0.3) is 11.3 Å². The van der Waals surface area contributed by atoms with Gasteiger partial charge in [0.15, 0.2) is 5.76 Å². The number of rotatable bonds is 4. The lowest BCUT2D eigenvalue weighted by molar-refractivity contribution is -0.115. The standard InChI is InChI=1S/C19H17BrN2O2/c1-12-3-5-14(6-4-12)18-10-16(22-24-18)11-19(23)21-17-8-7-15(20)9-13(17)2/h3-10H,11H2,1-2H3,(H,21,23). The Balaban J connectivity index is 1.68. The Morgan fingerprint density at radius 3 is 2.58 bits per heavy atom. The lowest BCUT2D eigenvalue weighted by Gasteiger charge is -2.07. The Morgan fingerprint density at radius 1 is 1.12 bits per heavy atom. The maximum absolute atomic E-state index is 12.2. The number of aromatic nitrogens is 1. The average molecular weight is 385 g/mol. The molecule has 5 heteroatoms. The molecule has 1 aromatic heterocycles. The molecule has 0 fully saturated rings. The number of carbonyl (C=O) groups excluding carboxylic acids is 1. The summed E-state index contributed by atoms with van der Waals surface area (Å²) in [6, 6.07) is 15.5. The predicted octanol–water partition coefficient (Wildman–Crippen LogP) is 4.90. The number of nitrogens with zero attached hydrogens (tertiary/aromatic N) is 1. The van der Waals surface area contributed by atoms with Crippen molar-refractivity contribution in [2.24, 2.45) is 0 Å². The molecule has 122 valence electrons. The minimum Gasteiger partial charge on any atom is -0.356 e. The predicted molar refractivity (Wildman–Crippen MR) is 97.9 cm³/mol. The molecule has 0 spiro atoms. The molecular formula is C19H17BrN2O2. The topological polar surface area (TPSA) is 55.1 Å². The van der Waals surface area contributed by atoms with Gasteiger partial charge in [-0.25, -0.2) is 0 Å². The maximum Gasteiger partial charge on any atom is 0.230 e. The number of hydrogen-bond donors (Lipinski definition) is 1. The minimum atomic E-state index is -0.121. The highest BCUT2D eigenvalue weighted by Crippen LogP contribution is 2.22. The van der Waals surface area contributed by atoms with Gasteiger partial charge in [0.25, 0.3) is 0 Å². The van der Waals surface area contributed by atoms with E-state index >= 15 is 0 Å². The maximum atomic E-state index is 12.2. The van der Waals surface area contributed by atoms with Crippen molar-refractivity contribution in [1.29, 1.82) is 0 Å². The van der Waals surface area contributed by atoms with Crippen LogP contribution in [0.5, 0.6) is 0 Å². The van der Waals surface area contributed by atoms with Crippen molar-refractivity contribution in [3.05, 3.63) is 69.8 Å². The molecule has 0 saturated carbocycles. The molecular weight excluding hydrogens is 368 g/mol. The summed E-state index contributed by atoms with van der Waals surface area (Å²) < 4.78 is 6.33. The summed E-state index contributed by atoms with van der Waals surface area (Å²) in [6.45, 7) is 3.98. The summed E-state index contributed by atoms with van der Waals surface area (Å²) in [4.78, 5) is 12.2. The molecule has 3 rings (SSSR count). The molecule has 3 aromatic rings.